The summed E-state index contributed by atoms with van der Waals surface area (Å²) in [6.45, 7) is 9.23. The smallest absolute Gasteiger partial charge is 0.136 e. The molecule has 3 rings (SSSR count). The lowest BCUT2D eigenvalue weighted by Gasteiger charge is -2.21. The minimum atomic E-state index is 0.199. The van der Waals surface area contributed by atoms with Gasteiger partial charge in [-0.25, -0.2) is 4.98 Å². The Morgan fingerprint density at radius 3 is 2.69 bits per heavy atom. The van der Waals surface area contributed by atoms with Crippen molar-refractivity contribution in [2.75, 3.05) is 0 Å². The first-order chi connectivity index (χ1) is 7.40. The molecule has 0 radical (unpaired) electrons. The first-order valence-electron chi connectivity index (χ1n) is 5.89. The van der Waals surface area contributed by atoms with Crippen LogP contribution >= 0.6 is 0 Å². The zero-order valence-electron chi connectivity index (χ0n) is 10.4. The van der Waals surface area contributed by atoms with E-state index >= 15 is 0 Å². The molecular formula is C14H18N2. The molecule has 1 aliphatic carbocycles. The Morgan fingerprint density at radius 1 is 1.19 bits per heavy atom. The summed E-state index contributed by atoms with van der Waals surface area (Å²) in [6, 6.07) is 4.12. The first-order valence-corrected chi connectivity index (χ1v) is 5.89. The topological polar surface area (TPSA) is 17.3 Å². The van der Waals surface area contributed by atoms with E-state index < -0.39 is 0 Å². The fraction of sp³-hybridized carbons (Fsp3) is 0.500. The molecule has 0 amide bonds. The SMILES string of the molecule is CC1(C)CC(C)(C)c2nc3cccn3cc21. The van der Waals surface area contributed by atoms with E-state index in [1.165, 1.54) is 17.7 Å². The number of hydrogen-bond donors (Lipinski definition) is 0. The van der Waals surface area contributed by atoms with E-state index in [1.54, 1.807) is 0 Å². The number of fused-ring (bicyclic) bond motifs is 2. The van der Waals surface area contributed by atoms with Gasteiger partial charge < -0.3 is 4.40 Å². The number of hydrogen-bond acceptors (Lipinski definition) is 1. The molecule has 2 aromatic rings. The third-order valence-corrected chi connectivity index (χ3v) is 3.76. The Labute approximate surface area is 96.3 Å². The summed E-state index contributed by atoms with van der Waals surface area (Å²) in [5, 5.41) is 0. The minimum Gasteiger partial charge on any atom is -0.308 e. The lowest BCUT2D eigenvalue weighted by Crippen LogP contribution is -2.18. The largest absolute Gasteiger partial charge is 0.308 e. The second kappa shape index (κ2) is 2.68. The summed E-state index contributed by atoms with van der Waals surface area (Å²) in [6.07, 6.45) is 5.51. The molecule has 2 heterocycles. The highest BCUT2D eigenvalue weighted by atomic mass is 15.0. The summed E-state index contributed by atoms with van der Waals surface area (Å²) in [7, 11) is 0. The van der Waals surface area contributed by atoms with Crippen molar-refractivity contribution in [1.29, 1.82) is 0 Å². The highest BCUT2D eigenvalue weighted by Gasteiger charge is 2.43. The second-order valence-electron chi connectivity index (χ2n) is 6.22. The van der Waals surface area contributed by atoms with Crippen LogP contribution in [-0.2, 0) is 10.8 Å². The van der Waals surface area contributed by atoms with Crippen molar-refractivity contribution >= 4 is 5.65 Å². The molecular weight excluding hydrogens is 196 g/mol. The van der Waals surface area contributed by atoms with E-state index in [-0.39, 0.29) is 10.8 Å². The molecule has 84 valence electrons. The van der Waals surface area contributed by atoms with Crippen LogP contribution in [0.2, 0.25) is 0 Å². The fourth-order valence-corrected chi connectivity index (χ4v) is 3.26. The van der Waals surface area contributed by atoms with Gasteiger partial charge in [0.15, 0.2) is 0 Å². The van der Waals surface area contributed by atoms with Crippen LogP contribution in [0.1, 0.15) is 45.4 Å². The number of nitrogens with zero attached hydrogens (tertiary/aromatic N) is 2. The van der Waals surface area contributed by atoms with E-state index in [0.717, 1.165) is 5.65 Å². The summed E-state index contributed by atoms with van der Waals surface area (Å²) in [5.41, 5.74) is 4.18. The van der Waals surface area contributed by atoms with Gasteiger partial charge in [-0.05, 0) is 29.5 Å². The quantitative estimate of drug-likeness (QED) is 0.657. The molecule has 0 unspecified atom stereocenters. The van der Waals surface area contributed by atoms with Crippen molar-refractivity contribution in [3.05, 3.63) is 35.8 Å². The zero-order valence-corrected chi connectivity index (χ0v) is 10.4. The second-order valence-corrected chi connectivity index (χ2v) is 6.22. The third kappa shape index (κ3) is 1.16. The first kappa shape index (κ1) is 9.88. The summed E-state index contributed by atoms with van der Waals surface area (Å²) in [5.74, 6) is 0. The van der Waals surface area contributed by atoms with Crippen molar-refractivity contribution in [3.8, 4) is 0 Å². The summed E-state index contributed by atoms with van der Waals surface area (Å²) in [4.78, 5) is 4.83. The van der Waals surface area contributed by atoms with E-state index in [0.29, 0.717) is 0 Å². The molecule has 1 aliphatic rings. The van der Waals surface area contributed by atoms with Crippen LogP contribution in [0.3, 0.4) is 0 Å². The standard InChI is InChI=1S/C14H18N2/c1-13(2)9-14(3,4)12-10(13)8-16-7-5-6-11(16)15-12/h5-8H,9H2,1-4H3. The molecule has 0 bridgehead atoms. The third-order valence-electron chi connectivity index (χ3n) is 3.76. The summed E-state index contributed by atoms with van der Waals surface area (Å²) < 4.78 is 2.13. The van der Waals surface area contributed by atoms with Gasteiger partial charge in [-0.3, -0.25) is 0 Å². The predicted molar refractivity (Wildman–Crippen MR) is 65.9 cm³/mol. The van der Waals surface area contributed by atoms with E-state index in [1.807, 2.05) is 0 Å². The molecule has 2 heteroatoms. The summed E-state index contributed by atoms with van der Waals surface area (Å²) >= 11 is 0. The molecule has 2 nitrogen and oxygen atoms in total. The van der Waals surface area contributed by atoms with Gasteiger partial charge in [0, 0.05) is 17.8 Å². The molecule has 0 N–H and O–H groups in total. The highest BCUT2D eigenvalue weighted by Crippen LogP contribution is 2.48. The van der Waals surface area contributed by atoms with Crippen molar-refractivity contribution in [1.82, 2.24) is 9.38 Å². The van der Waals surface area contributed by atoms with Gasteiger partial charge in [0.1, 0.15) is 5.65 Å². The van der Waals surface area contributed by atoms with Crippen molar-refractivity contribution in [3.63, 3.8) is 0 Å². The molecule has 0 aliphatic heterocycles. The van der Waals surface area contributed by atoms with Crippen LogP contribution < -0.4 is 0 Å². The Kier molecular flexibility index (Phi) is 1.65. The Morgan fingerprint density at radius 2 is 1.94 bits per heavy atom. The Bertz CT molecular complexity index is 513. The van der Waals surface area contributed by atoms with Gasteiger partial charge in [-0.2, -0.15) is 0 Å². The van der Waals surface area contributed by atoms with Gasteiger partial charge in [0.25, 0.3) is 0 Å². The molecule has 0 aromatic carbocycles. The maximum Gasteiger partial charge on any atom is 0.136 e. The average molecular weight is 214 g/mol. The van der Waals surface area contributed by atoms with Gasteiger partial charge in [0.2, 0.25) is 0 Å². The number of aromatic nitrogens is 2. The zero-order chi connectivity index (χ0) is 11.6. The van der Waals surface area contributed by atoms with Gasteiger partial charge >= 0.3 is 0 Å². The molecule has 0 fully saturated rings. The Balaban J connectivity index is 2.37. The van der Waals surface area contributed by atoms with E-state index in [4.69, 9.17) is 4.98 Å². The van der Waals surface area contributed by atoms with Gasteiger partial charge in [0.05, 0.1) is 5.69 Å². The molecule has 2 aromatic heterocycles. The van der Waals surface area contributed by atoms with Gasteiger partial charge in [-0.15, -0.1) is 0 Å². The molecule has 0 spiro atoms. The van der Waals surface area contributed by atoms with Crippen LogP contribution in [0, 0.1) is 0 Å². The van der Waals surface area contributed by atoms with E-state index in [9.17, 15) is 0 Å². The van der Waals surface area contributed by atoms with Crippen LogP contribution in [0.5, 0.6) is 0 Å². The van der Waals surface area contributed by atoms with Crippen molar-refractivity contribution in [2.24, 2.45) is 0 Å². The molecule has 0 saturated carbocycles. The molecule has 0 atom stereocenters. The normalized spacial score (nSPS) is 21.2. The predicted octanol–water partition coefficient (Wildman–Crippen LogP) is 3.29. The molecule has 0 saturated heterocycles. The Hall–Kier alpha value is -1.31. The fourth-order valence-electron chi connectivity index (χ4n) is 3.26. The maximum absolute atomic E-state index is 4.83. The number of rotatable bonds is 0. The molecule has 16 heavy (non-hydrogen) atoms. The van der Waals surface area contributed by atoms with E-state index in [2.05, 4.69) is 56.6 Å². The van der Waals surface area contributed by atoms with Crippen LogP contribution in [0.25, 0.3) is 5.65 Å². The lowest BCUT2D eigenvalue weighted by molar-refractivity contribution is 0.399. The highest BCUT2D eigenvalue weighted by molar-refractivity contribution is 5.48. The monoisotopic (exact) mass is 214 g/mol. The minimum absolute atomic E-state index is 0.199. The van der Waals surface area contributed by atoms with Crippen LogP contribution in [-0.4, -0.2) is 9.38 Å². The van der Waals surface area contributed by atoms with Crippen LogP contribution in [0.15, 0.2) is 24.5 Å². The average Bonchev–Trinajstić information content (AvgIpc) is 2.66. The van der Waals surface area contributed by atoms with Crippen molar-refractivity contribution < 1.29 is 0 Å². The van der Waals surface area contributed by atoms with Gasteiger partial charge in [-0.1, -0.05) is 27.7 Å². The maximum atomic E-state index is 4.83. The van der Waals surface area contributed by atoms with Crippen LogP contribution in [0.4, 0.5) is 0 Å². The van der Waals surface area contributed by atoms with Crippen molar-refractivity contribution in [2.45, 2.75) is 44.9 Å². The lowest BCUT2D eigenvalue weighted by atomic mass is 9.82.